The van der Waals surface area contributed by atoms with Crippen LogP contribution >= 0.6 is 0 Å². The molecule has 2 rings (SSSR count). The fraction of sp³-hybridized carbons (Fsp3) is 0.278. The first-order valence-corrected chi connectivity index (χ1v) is 10.5. The van der Waals surface area contributed by atoms with Crippen molar-refractivity contribution in [1.29, 1.82) is 0 Å². The van der Waals surface area contributed by atoms with Crippen molar-refractivity contribution < 1.29 is 4.79 Å². The summed E-state index contributed by atoms with van der Waals surface area (Å²) >= 11 is 0. The lowest BCUT2D eigenvalue weighted by molar-refractivity contribution is -0.120. The van der Waals surface area contributed by atoms with Gasteiger partial charge in [-0.3, -0.25) is 4.79 Å². The van der Waals surface area contributed by atoms with Gasteiger partial charge >= 0.3 is 0 Å². The van der Waals surface area contributed by atoms with Gasteiger partial charge in [0, 0.05) is 5.67 Å². The summed E-state index contributed by atoms with van der Waals surface area (Å²) in [6.07, 6.45) is 0.449. The average Bonchev–Trinajstić information content (AvgIpc) is 2.49. The minimum absolute atomic E-state index is 0.102. The lowest BCUT2D eigenvalue weighted by Gasteiger charge is -2.31. The number of hydrogen-bond donors (Lipinski definition) is 1. The van der Waals surface area contributed by atoms with Crippen LogP contribution in [0.15, 0.2) is 60.7 Å². The third kappa shape index (κ3) is 4.05. The van der Waals surface area contributed by atoms with E-state index in [1.807, 2.05) is 36.4 Å². The highest BCUT2D eigenvalue weighted by atomic mass is 28.3. The normalized spacial score (nSPS) is 12.7. The SMILES string of the molecule is C[C@@H](NC(=O)Cc1ccccc1)[Si](C)(C)c1ccccc1. The fourth-order valence-corrected chi connectivity index (χ4v) is 4.45. The van der Waals surface area contributed by atoms with E-state index in [-0.39, 0.29) is 11.6 Å². The van der Waals surface area contributed by atoms with E-state index in [0.29, 0.717) is 6.42 Å². The van der Waals surface area contributed by atoms with Crippen molar-refractivity contribution in [2.45, 2.75) is 32.1 Å². The quantitative estimate of drug-likeness (QED) is 0.845. The number of carbonyl (C=O) groups excluding carboxylic acids is 1. The van der Waals surface area contributed by atoms with E-state index in [1.165, 1.54) is 5.19 Å². The van der Waals surface area contributed by atoms with E-state index in [1.54, 1.807) is 0 Å². The molecule has 0 bridgehead atoms. The van der Waals surface area contributed by atoms with E-state index >= 15 is 0 Å². The van der Waals surface area contributed by atoms with Gasteiger partial charge in [-0.25, -0.2) is 0 Å². The van der Waals surface area contributed by atoms with Gasteiger partial charge in [-0.2, -0.15) is 0 Å². The van der Waals surface area contributed by atoms with E-state index in [9.17, 15) is 4.79 Å². The monoisotopic (exact) mass is 297 g/mol. The van der Waals surface area contributed by atoms with Crippen LogP contribution in [0.4, 0.5) is 0 Å². The fourth-order valence-electron chi connectivity index (χ4n) is 2.37. The van der Waals surface area contributed by atoms with Crippen LogP contribution in [0.1, 0.15) is 12.5 Å². The standard InChI is InChI=1S/C18H23NOSi/c1-15(21(2,3)17-12-8-5-9-13-17)19-18(20)14-16-10-6-4-7-11-16/h4-13,15H,14H2,1-3H3,(H,19,20)/t15-/m0/s1. The van der Waals surface area contributed by atoms with Crippen LogP contribution < -0.4 is 10.5 Å². The Balaban J connectivity index is 2.00. The molecule has 1 atom stereocenters. The van der Waals surface area contributed by atoms with Crippen molar-refractivity contribution in [1.82, 2.24) is 5.32 Å². The molecule has 2 aromatic rings. The molecule has 1 amide bonds. The maximum Gasteiger partial charge on any atom is 0.224 e. The van der Waals surface area contributed by atoms with Gasteiger partial charge in [0.15, 0.2) is 0 Å². The lowest BCUT2D eigenvalue weighted by atomic mass is 10.1. The van der Waals surface area contributed by atoms with Crippen LogP contribution in [0.25, 0.3) is 0 Å². The molecule has 0 fully saturated rings. The molecule has 3 heteroatoms. The Morgan fingerprint density at radius 2 is 1.52 bits per heavy atom. The van der Waals surface area contributed by atoms with Crippen LogP contribution in [0, 0.1) is 0 Å². The zero-order chi connectivity index (χ0) is 15.3. The van der Waals surface area contributed by atoms with Gasteiger partial charge in [-0.15, -0.1) is 0 Å². The molecular weight excluding hydrogens is 274 g/mol. The minimum Gasteiger partial charge on any atom is -0.356 e. The van der Waals surface area contributed by atoms with Crippen molar-refractivity contribution in [2.75, 3.05) is 0 Å². The Bertz CT molecular complexity index is 581. The Hall–Kier alpha value is -1.87. The maximum atomic E-state index is 12.2. The van der Waals surface area contributed by atoms with Gasteiger partial charge < -0.3 is 5.32 Å². The van der Waals surface area contributed by atoms with Crippen molar-refractivity contribution in [3.8, 4) is 0 Å². The predicted molar refractivity (Wildman–Crippen MR) is 91.3 cm³/mol. The molecule has 0 radical (unpaired) electrons. The van der Waals surface area contributed by atoms with Crippen LogP contribution in [0.5, 0.6) is 0 Å². The summed E-state index contributed by atoms with van der Waals surface area (Å²) in [5.41, 5.74) is 1.26. The highest BCUT2D eigenvalue weighted by Gasteiger charge is 2.31. The Morgan fingerprint density at radius 1 is 1.00 bits per heavy atom. The van der Waals surface area contributed by atoms with Gasteiger partial charge in [0.2, 0.25) is 5.91 Å². The molecule has 0 heterocycles. The Morgan fingerprint density at radius 3 is 2.10 bits per heavy atom. The topological polar surface area (TPSA) is 29.1 Å². The summed E-state index contributed by atoms with van der Waals surface area (Å²) in [5, 5.41) is 4.56. The summed E-state index contributed by atoms with van der Waals surface area (Å²) < 4.78 is 0. The first-order chi connectivity index (χ1) is 10.00. The second-order valence-electron chi connectivity index (χ2n) is 6.04. The second-order valence-corrected chi connectivity index (χ2v) is 10.9. The van der Waals surface area contributed by atoms with Gasteiger partial charge in [0.05, 0.1) is 6.42 Å². The molecule has 0 aliphatic carbocycles. The van der Waals surface area contributed by atoms with Gasteiger partial charge in [-0.1, -0.05) is 78.9 Å². The first-order valence-electron chi connectivity index (χ1n) is 7.39. The molecule has 21 heavy (non-hydrogen) atoms. The molecule has 0 saturated carbocycles. The molecule has 0 aromatic heterocycles. The molecule has 110 valence electrons. The number of nitrogens with one attached hydrogen (secondary N) is 1. The van der Waals surface area contributed by atoms with E-state index in [2.05, 4.69) is 49.6 Å². The summed E-state index contributed by atoms with van der Waals surface area (Å²) in [7, 11) is -1.69. The van der Waals surface area contributed by atoms with Gasteiger partial charge in [-0.05, 0) is 12.5 Å². The van der Waals surface area contributed by atoms with Gasteiger partial charge in [0.25, 0.3) is 0 Å². The highest BCUT2D eigenvalue weighted by molar-refractivity contribution is 6.91. The summed E-state index contributed by atoms with van der Waals surface area (Å²) in [6, 6.07) is 20.4. The third-order valence-corrected chi connectivity index (χ3v) is 8.32. The zero-order valence-electron chi connectivity index (χ0n) is 13.0. The summed E-state index contributed by atoms with van der Waals surface area (Å²) in [6.45, 7) is 6.73. The van der Waals surface area contributed by atoms with Crippen molar-refractivity contribution in [3.63, 3.8) is 0 Å². The van der Waals surface area contributed by atoms with E-state index in [0.717, 1.165) is 5.56 Å². The minimum atomic E-state index is -1.69. The zero-order valence-corrected chi connectivity index (χ0v) is 14.0. The molecule has 0 aliphatic rings. The Labute approximate surface area is 128 Å². The average molecular weight is 297 g/mol. The molecule has 0 aliphatic heterocycles. The van der Waals surface area contributed by atoms with Crippen LogP contribution in [0.2, 0.25) is 13.1 Å². The van der Waals surface area contributed by atoms with Crippen molar-refractivity contribution in [2.24, 2.45) is 0 Å². The smallest absolute Gasteiger partial charge is 0.224 e. The van der Waals surface area contributed by atoms with Crippen LogP contribution in [-0.2, 0) is 11.2 Å². The summed E-state index contributed by atoms with van der Waals surface area (Å²) in [5.74, 6) is 0.102. The first kappa shape index (κ1) is 15.5. The van der Waals surface area contributed by atoms with Gasteiger partial charge in [0.1, 0.15) is 8.07 Å². The Kier molecular flexibility index (Phi) is 4.97. The van der Waals surface area contributed by atoms with Crippen molar-refractivity contribution in [3.05, 3.63) is 66.2 Å². The third-order valence-electron chi connectivity index (χ3n) is 4.19. The van der Waals surface area contributed by atoms with Crippen LogP contribution in [0.3, 0.4) is 0 Å². The number of benzene rings is 2. The predicted octanol–water partition coefficient (Wildman–Crippen LogP) is 2.89. The molecule has 0 spiro atoms. The summed E-state index contributed by atoms with van der Waals surface area (Å²) in [4.78, 5) is 12.2. The number of hydrogen-bond acceptors (Lipinski definition) is 1. The highest BCUT2D eigenvalue weighted by Crippen LogP contribution is 2.09. The molecule has 2 aromatic carbocycles. The lowest BCUT2D eigenvalue weighted by Crippen LogP contribution is -2.58. The number of carbonyl (C=O) groups is 1. The number of rotatable bonds is 5. The van der Waals surface area contributed by atoms with E-state index in [4.69, 9.17) is 0 Å². The van der Waals surface area contributed by atoms with E-state index < -0.39 is 8.07 Å². The number of amides is 1. The molecular formula is C18H23NOSi. The van der Waals surface area contributed by atoms with Crippen LogP contribution in [-0.4, -0.2) is 19.6 Å². The molecule has 1 N–H and O–H groups in total. The second kappa shape index (κ2) is 6.72. The molecule has 0 unspecified atom stereocenters. The maximum absolute atomic E-state index is 12.2. The molecule has 0 saturated heterocycles. The molecule has 2 nitrogen and oxygen atoms in total. The largest absolute Gasteiger partial charge is 0.356 e. The van der Waals surface area contributed by atoms with Crippen molar-refractivity contribution >= 4 is 19.2 Å².